The third kappa shape index (κ3) is 3.87. The summed E-state index contributed by atoms with van der Waals surface area (Å²) in [5.74, 6) is 0.717. The molecule has 0 aliphatic heterocycles. The maximum atomic E-state index is 4.45. The molecule has 0 aliphatic rings. The molecule has 1 unspecified atom stereocenters. The Kier molecular flexibility index (Phi) is 5.42. The summed E-state index contributed by atoms with van der Waals surface area (Å²) in [5.41, 5.74) is 1.21. The van der Waals surface area contributed by atoms with Gasteiger partial charge in [0.15, 0.2) is 0 Å². The fourth-order valence-corrected chi connectivity index (χ4v) is 2.96. The molecule has 0 fully saturated rings. The molecule has 1 aromatic rings. The molecule has 0 saturated carbocycles. The average molecular weight is 240 g/mol. The number of nitrogens with zero attached hydrogens (tertiary/aromatic N) is 1. The fourth-order valence-electron chi connectivity index (χ4n) is 2.03. The van der Waals surface area contributed by atoms with Gasteiger partial charge in [0.2, 0.25) is 0 Å². The van der Waals surface area contributed by atoms with Gasteiger partial charge in [-0.3, -0.25) is 0 Å². The van der Waals surface area contributed by atoms with Gasteiger partial charge >= 0.3 is 0 Å². The molecule has 0 radical (unpaired) electrons. The van der Waals surface area contributed by atoms with Crippen molar-refractivity contribution in [3.8, 4) is 0 Å². The van der Waals surface area contributed by atoms with Crippen molar-refractivity contribution < 1.29 is 0 Å². The first-order valence-electron chi connectivity index (χ1n) is 6.20. The van der Waals surface area contributed by atoms with Gasteiger partial charge in [0.1, 0.15) is 0 Å². The fraction of sp³-hybridized carbons (Fsp3) is 0.769. The normalized spacial score (nSPS) is 13.4. The Balaban J connectivity index is 2.38. The van der Waals surface area contributed by atoms with E-state index < -0.39 is 0 Å². The summed E-state index contributed by atoms with van der Waals surface area (Å²) in [5, 5.41) is 4.82. The summed E-state index contributed by atoms with van der Waals surface area (Å²) in [7, 11) is 0. The number of hydrogen-bond acceptors (Lipinski definition) is 3. The zero-order valence-electron chi connectivity index (χ0n) is 11.1. The summed E-state index contributed by atoms with van der Waals surface area (Å²) in [4.78, 5) is 5.89. The highest BCUT2D eigenvalue weighted by molar-refractivity contribution is 7.11. The van der Waals surface area contributed by atoms with Crippen molar-refractivity contribution in [2.75, 3.05) is 6.54 Å². The van der Waals surface area contributed by atoms with Gasteiger partial charge in [0.25, 0.3) is 0 Å². The molecular formula is C13H24N2S. The van der Waals surface area contributed by atoms with Crippen LogP contribution in [0.4, 0.5) is 0 Å². The van der Waals surface area contributed by atoms with Crippen molar-refractivity contribution >= 4 is 11.3 Å². The van der Waals surface area contributed by atoms with Crippen molar-refractivity contribution in [2.24, 2.45) is 5.92 Å². The van der Waals surface area contributed by atoms with Gasteiger partial charge in [0.05, 0.1) is 10.7 Å². The maximum absolute atomic E-state index is 4.45. The van der Waals surface area contributed by atoms with E-state index in [1.807, 2.05) is 11.3 Å². The molecule has 1 heterocycles. The van der Waals surface area contributed by atoms with Crippen LogP contribution < -0.4 is 5.32 Å². The minimum Gasteiger partial charge on any atom is -0.313 e. The van der Waals surface area contributed by atoms with Crippen molar-refractivity contribution in [3.63, 3.8) is 0 Å². The number of thiazole rings is 1. The number of hydrogen-bond donors (Lipinski definition) is 1. The van der Waals surface area contributed by atoms with Crippen LogP contribution >= 0.6 is 11.3 Å². The lowest BCUT2D eigenvalue weighted by atomic mass is 10.0. The highest BCUT2D eigenvalue weighted by atomic mass is 32.1. The number of aromatic nitrogens is 1. The summed E-state index contributed by atoms with van der Waals surface area (Å²) in [6.07, 6.45) is 2.32. The Bertz CT molecular complexity index is 318. The molecule has 0 aliphatic carbocycles. The standard InChI is InChI=1S/C13H24N2S/c1-6-12(9(2)3)14-8-7-13-10(4)15-11(5)16-13/h9,12,14H,6-8H2,1-5H3. The topological polar surface area (TPSA) is 24.9 Å². The maximum Gasteiger partial charge on any atom is 0.0900 e. The number of rotatable bonds is 6. The van der Waals surface area contributed by atoms with E-state index in [1.165, 1.54) is 22.0 Å². The Labute approximate surface area is 103 Å². The lowest BCUT2D eigenvalue weighted by Gasteiger charge is -2.20. The molecule has 0 bridgehead atoms. The van der Waals surface area contributed by atoms with E-state index in [0.717, 1.165) is 13.0 Å². The molecule has 0 aromatic carbocycles. The number of nitrogens with one attached hydrogen (secondary N) is 1. The Morgan fingerprint density at radius 1 is 1.31 bits per heavy atom. The monoisotopic (exact) mass is 240 g/mol. The van der Waals surface area contributed by atoms with E-state index in [0.29, 0.717) is 12.0 Å². The molecule has 2 nitrogen and oxygen atoms in total. The van der Waals surface area contributed by atoms with E-state index in [4.69, 9.17) is 0 Å². The predicted molar refractivity (Wildman–Crippen MR) is 72.2 cm³/mol. The van der Waals surface area contributed by atoms with E-state index in [2.05, 4.69) is 44.9 Å². The second kappa shape index (κ2) is 6.36. The van der Waals surface area contributed by atoms with Crippen LogP contribution in [0, 0.1) is 19.8 Å². The Morgan fingerprint density at radius 2 is 2.00 bits per heavy atom. The van der Waals surface area contributed by atoms with Gasteiger partial charge in [-0.2, -0.15) is 0 Å². The molecule has 3 heteroatoms. The lowest BCUT2D eigenvalue weighted by molar-refractivity contribution is 0.391. The molecule has 1 N–H and O–H groups in total. The first-order valence-corrected chi connectivity index (χ1v) is 7.02. The van der Waals surface area contributed by atoms with E-state index in [1.54, 1.807) is 0 Å². The van der Waals surface area contributed by atoms with Crippen LogP contribution in [-0.4, -0.2) is 17.6 Å². The van der Waals surface area contributed by atoms with Crippen LogP contribution in [0.3, 0.4) is 0 Å². The summed E-state index contributed by atoms with van der Waals surface area (Å²) in [6, 6.07) is 0.648. The second-order valence-corrected chi connectivity index (χ2v) is 5.99. The van der Waals surface area contributed by atoms with Crippen LogP contribution in [0.5, 0.6) is 0 Å². The third-order valence-corrected chi connectivity index (χ3v) is 4.14. The van der Waals surface area contributed by atoms with Crippen LogP contribution in [-0.2, 0) is 6.42 Å². The minimum absolute atomic E-state index is 0.648. The molecule has 1 atom stereocenters. The summed E-state index contributed by atoms with van der Waals surface area (Å²) >= 11 is 1.83. The number of aryl methyl sites for hydroxylation is 2. The smallest absolute Gasteiger partial charge is 0.0900 e. The van der Waals surface area contributed by atoms with E-state index in [-0.39, 0.29) is 0 Å². The third-order valence-electron chi connectivity index (χ3n) is 3.00. The molecular weight excluding hydrogens is 216 g/mol. The summed E-state index contributed by atoms with van der Waals surface area (Å²) < 4.78 is 0. The molecule has 0 saturated heterocycles. The van der Waals surface area contributed by atoms with E-state index in [9.17, 15) is 0 Å². The van der Waals surface area contributed by atoms with Crippen LogP contribution in [0.15, 0.2) is 0 Å². The SMILES string of the molecule is CCC(NCCc1sc(C)nc1C)C(C)C. The van der Waals surface area contributed by atoms with Crippen LogP contribution in [0.2, 0.25) is 0 Å². The van der Waals surface area contributed by atoms with E-state index >= 15 is 0 Å². The zero-order valence-corrected chi connectivity index (χ0v) is 11.9. The average Bonchev–Trinajstić information content (AvgIpc) is 2.52. The van der Waals surface area contributed by atoms with Gasteiger partial charge in [-0.15, -0.1) is 11.3 Å². The van der Waals surface area contributed by atoms with Crippen molar-refractivity contribution in [3.05, 3.63) is 15.6 Å². The Hall–Kier alpha value is -0.410. The van der Waals surface area contributed by atoms with Crippen LogP contribution in [0.25, 0.3) is 0 Å². The predicted octanol–water partition coefficient (Wildman–Crippen LogP) is 3.33. The van der Waals surface area contributed by atoms with Crippen LogP contribution in [0.1, 0.15) is 42.8 Å². The first kappa shape index (κ1) is 13.7. The first-order chi connectivity index (χ1) is 7.54. The lowest BCUT2D eigenvalue weighted by Crippen LogP contribution is -2.34. The zero-order chi connectivity index (χ0) is 12.1. The van der Waals surface area contributed by atoms with Gasteiger partial charge in [-0.1, -0.05) is 20.8 Å². The largest absolute Gasteiger partial charge is 0.313 e. The minimum atomic E-state index is 0.648. The molecule has 1 aromatic heterocycles. The molecule has 92 valence electrons. The summed E-state index contributed by atoms with van der Waals surface area (Å²) in [6.45, 7) is 12.1. The van der Waals surface area contributed by atoms with Gasteiger partial charge < -0.3 is 5.32 Å². The quantitative estimate of drug-likeness (QED) is 0.825. The molecule has 16 heavy (non-hydrogen) atoms. The van der Waals surface area contributed by atoms with Gasteiger partial charge in [-0.25, -0.2) is 4.98 Å². The Morgan fingerprint density at radius 3 is 2.44 bits per heavy atom. The second-order valence-electron chi connectivity index (χ2n) is 4.70. The van der Waals surface area contributed by atoms with Crippen molar-refractivity contribution in [1.29, 1.82) is 0 Å². The van der Waals surface area contributed by atoms with Crippen molar-refractivity contribution in [1.82, 2.24) is 10.3 Å². The van der Waals surface area contributed by atoms with Crippen molar-refractivity contribution in [2.45, 2.75) is 53.5 Å². The highest BCUT2D eigenvalue weighted by Gasteiger charge is 2.10. The highest BCUT2D eigenvalue weighted by Crippen LogP contribution is 2.17. The van der Waals surface area contributed by atoms with Gasteiger partial charge in [-0.05, 0) is 32.6 Å². The van der Waals surface area contributed by atoms with Gasteiger partial charge in [0, 0.05) is 17.5 Å². The molecule has 0 amide bonds. The molecule has 0 spiro atoms. The molecule has 1 rings (SSSR count).